The molecule has 0 unspecified atom stereocenters. The number of hydrogen-bond donors (Lipinski definition) is 4. The highest BCUT2D eigenvalue weighted by molar-refractivity contribution is 7.85. The number of aromatic hydroxyl groups is 1. The number of nitro benzene ring substituents is 1. The van der Waals surface area contributed by atoms with Crippen molar-refractivity contribution in [3.8, 4) is 5.75 Å². The standard InChI is InChI=1S/C16H14N4O8S/c1-9(21)14(16(23)17-10-5-3-2-4-6-10)19-18-12-7-11(29(26,27)28)8-13(15(12)22)20(24)25/h2-8,21-22H,1H3,(H,17,23)(H,26,27,28). The number of hydrogen-bond acceptors (Lipinski definition) is 9. The number of allylic oxidation sites excluding steroid dienone is 1. The van der Waals surface area contributed by atoms with Gasteiger partial charge in [-0.25, -0.2) is 0 Å². The minimum atomic E-state index is -4.87. The molecule has 12 nitrogen and oxygen atoms in total. The van der Waals surface area contributed by atoms with Crippen molar-refractivity contribution < 1.29 is 32.9 Å². The Kier molecular flexibility index (Phi) is 6.25. The molecular weight excluding hydrogens is 408 g/mol. The molecule has 13 heteroatoms. The molecule has 2 aromatic rings. The van der Waals surface area contributed by atoms with Crippen LogP contribution in [-0.4, -0.2) is 34.0 Å². The fourth-order valence-corrected chi connectivity index (χ4v) is 2.56. The number of amides is 1. The summed E-state index contributed by atoms with van der Waals surface area (Å²) in [6, 6.07) is 9.16. The van der Waals surface area contributed by atoms with E-state index in [0.29, 0.717) is 17.8 Å². The summed E-state index contributed by atoms with van der Waals surface area (Å²) in [5.41, 5.74) is -2.02. The number of nitrogens with one attached hydrogen (secondary N) is 1. The van der Waals surface area contributed by atoms with Crippen molar-refractivity contribution in [2.75, 3.05) is 5.32 Å². The molecule has 0 aromatic heterocycles. The first-order valence-electron chi connectivity index (χ1n) is 7.67. The number of para-hydroxylation sites is 1. The largest absolute Gasteiger partial charge is 0.510 e. The number of rotatable bonds is 6. The number of carbonyl (C=O) groups is 1. The maximum Gasteiger partial charge on any atom is 0.314 e. The third kappa shape index (κ3) is 5.33. The highest BCUT2D eigenvalue weighted by atomic mass is 32.2. The van der Waals surface area contributed by atoms with Crippen molar-refractivity contribution >= 4 is 33.1 Å². The molecule has 0 saturated heterocycles. The molecule has 2 aromatic carbocycles. The first kappa shape index (κ1) is 21.5. The minimum Gasteiger partial charge on any atom is -0.510 e. The summed E-state index contributed by atoms with van der Waals surface area (Å²) in [6.45, 7) is 1.12. The van der Waals surface area contributed by atoms with E-state index < -0.39 is 54.4 Å². The van der Waals surface area contributed by atoms with E-state index in [4.69, 9.17) is 4.55 Å². The minimum absolute atomic E-state index is 0.373. The maximum absolute atomic E-state index is 12.3. The molecule has 0 saturated carbocycles. The summed E-state index contributed by atoms with van der Waals surface area (Å²) in [5, 5.41) is 39.9. The number of nitro groups is 1. The van der Waals surface area contributed by atoms with Gasteiger partial charge in [0.05, 0.1) is 4.92 Å². The van der Waals surface area contributed by atoms with Crippen LogP contribution in [0.25, 0.3) is 0 Å². The molecule has 0 radical (unpaired) electrons. The summed E-state index contributed by atoms with van der Waals surface area (Å²) in [7, 11) is -4.87. The van der Waals surface area contributed by atoms with Gasteiger partial charge >= 0.3 is 5.69 Å². The Hall–Kier alpha value is -3.84. The Balaban J connectivity index is 2.46. The van der Waals surface area contributed by atoms with Gasteiger partial charge in [0.1, 0.15) is 16.3 Å². The molecular formula is C16H14N4O8S. The van der Waals surface area contributed by atoms with E-state index in [1.807, 2.05) is 0 Å². The Labute approximate surface area is 163 Å². The molecule has 0 aliphatic rings. The third-order valence-electron chi connectivity index (χ3n) is 3.38. The topological polar surface area (TPSA) is 192 Å². The van der Waals surface area contributed by atoms with E-state index in [2.05, 4.69) is 15.5 Å². The van der Waals surface area contributed by atoms with Crippen LogP contribution in [0.15, 0.2) is 69.0 Å². The van der Waals surface area contributed by atoms with Gasteiger partial charge in [-0.05, 0) is 25.1 Å². The first-order chi connectivity index (χ1) is 13.5. The fraction of sp³-hybridized carbons (Fsp3) is 0.0625. The van der Waals surface area contributed by atoms with Crippen molar-refractivity contribution in [1.82, 2.24) is 0 Å². The average Bonchev–Trinajstić information content (AvgIpc) is 2.62. The molecule has 0 heterocycles. The van der Waals surface area contributed by atoms with Gasteiger partial charge in [0.25, 0.3) is 16.0 Å². The summed E-state index contributed by atoms with van der Waals surface area (Å²) in [4.78, 5) is 21.2. The SMILES string of the molecule is CC(O)=C(N=Nc1cc(S(=O)(=O)O)cc([N+](=O)[O-])c1O)C(=O)Nc1ccccc1. The van der Waals surface area contributed by atoms with Crippen LogP contribution in [0.1, 0.15) is 6.92 Å². The number of aliphatic hydroxyl groups excluding tert-OH is 1. The first-order valence-corrected chi connectivity index (χ1v) is 9.11. The van der Waals surface area contributed by atoms with Gasteiger partial charge in [0, 0.05) is 11.8 Å². The normalized spacial score (nSPS) is 12.5. The summed E-state index contributed by atoms with van der Waals surface area (Å²) in [6.07, 6.45) is 0. The average molecular weight is 422 g/mol. The Morgan fingerprint density at radius 3 is 2.34 bits per heavy atom. The van der Waals surface area contributed by atoms with E-state index >= 15 is 0 Å². The van der Waals surface area contributed by atoms with Gasteiger partial charge in [0.2, 0.25) is 5.75 Å². The zero-order valence-corrected chi connectivity index (χ0v) is 15.5. The van der Waals surface area contributed by atoms with E-state index in [1.54, 1.807) is 30.3 Å². The van der Waals surface area contributed by atoms with Gasteiger partial charge in [-0.3, -0.25) is 19.5 Å². The number of anilines is 1. The molecule has 152 valence electrons. The zero-order valence-electron chi connectivity index (χ0n) is 14.7. The molecule has 0 fully saturated rings. The molecule has 1 amide bonds. The number of phenols is 1. The summed E-state index contributed by atoms with van der Waals surface area (Å²) in [5.74, 6) is -2.51. The van der Waals surface area contributed by atoms with Crippen molar-refractivity contribution in [2.45, 2.75) is 11.8 Å². The molecule has 4 N–H and O–H groups in total. The lowest BCUT2D eigenvalue weighted by Gasteiger charge is -2.06. The van der Waals surface area contributed by atoms with Crippen LogP contribution in [0, 0.1) is 10.1 Å². The second-order valence-corrected chi connectivity index (χ2v) is 6.92. The number of benzene rings is 2. The Bertz CT molecular complexity index is 1120. The van der Waals surface area contributed by atoms with Crippen molar-refractivity contribution in [3.63, 3.8) is 0 Å². The Morgan fingerprint density at radius 2 is 1.83 bits per heavy atom. The van der Waals surface area contributed by atoms with Crippen LogP contribution in [0.2, 0.25) is 0 Å². The molecule has 0 atom stereocenters. The number of nitrogens with zero attached hydrogens (tertiary/aromatic N) is 3. The lowest BCUT2D eigenvalue weighted by molar-refractivity contribution is -0.386. The summed E-state index contributed by atoms with van der Waals surface area (Å²) >= 11 is 0. The predicted molar refractivity (Wildman–Crippen MR) is 99.5 cm³/mol. The second-order valence-electron chi connectivity index (χ2n) is 5.50. The van der Waals surface area contributed by atoms with Crippen molar-refractivity contribution in [1.29, 1.82) is 0 Å². The Morgan fingerprint density at radius 1 is 1.21 bits per heavy atom. The van der Waals surface area contributed by atoms with E-state index in [-0.39, 0.29) is 0 Å². The van der Waals surface area contributed by atoms with Crippen LogP contribution >= 0.6 is 0 Å². The fourth-order valence-electron chi connectivity index (χ4n) is 2.04. The van der Waals surface area contributed by atoms with E-state index in [1.165, 1.54) is 0 Å². The van der Waals surface area contributed by atoms with Crippen LogP contribution < -0.4 is 5.32 Å². The van der Waals surface area contributed by atoms with E-state index in [0.717, 1.165) is 6.92 Å². The quantitative estimate of drug-likeness (QED) is 0.136. The van der Waals surface area contributed by atoms with Gasteiger partial charge in [-0.15, -0.1) is 10.2 Å². The van der Waals surface area contributed by atoms with Crippen LogP contribution in [0.5, 0.6) is 5.75 Å². The lowest BCUT2D eigenvalue weighted by atomic mass is 10.2. The van der Waals surface area contributed by atoms with Gasteiger partial charge in [0.15, 0.2) is 5.70 Å². The van der Waals surface area contributed by atoms with E-state index in [9.17, 15) is 33.5 Å². The number of phenolic OH excluding ortho intramolecular Hbond substituents is 1. The highest BCUT2D eigenvalue weighted by Crippen LogP contribution is 2.39. The molecule has 2 rings (SSSR count). The monoisotopic (exact) mass is 422 g/mol. The third-order valence-corrected chi connectivity index (χ3v) is 4.22. The van der Waals surface area contributed by atoms with Gasteiger partial charge in [-0.2, -0.15) is 8.42 Å². The molecule has 29 heavy (non-hydrogen) atoms. The summed E-state index contributed by atoms with van der Waals surface area (Å²) < 4.78 is 31.7. The smallest absolute Gasteiger partial charge is 0.314 e. The van der Waals surface area contributed by atoms with Crippen LogP contribution in [0.3, 0.4) is 0 Å². The maximum atomic E-state index is 12.3. The number of aliphatic hydroxyl groups is 1. The highest BCUT2D eigenvalue weighted by Gasteiger charge is 2.24. The molecule has 0 bridgehead atoms. The lowest BCUT2D eigenvalue weighted by Crippen LogP contribution is -2.14. The van der Waals surface area contributed by atoms with Gasteiger partial charge < -0.3 is 15.5 Å². The molecule has 0 aliphatic carbocycles. The zero-order chi connectivity index (χ0) is 21.8. The van der Waals surface area contributed by atoms with Crippen molar-refractivity contribution in [3.05, 3.63) is 64.0 Å². The second kappa shape index (κ2) is 8.45. The molecule has 0 spiro atoms. The van der Waals surface area contributed by atoms with Crippen LogP contribution in [-0.2, 0) is 14.9 Å². The van der Waals surface area contributed by atoms with Crippen molar-refractivity contribution in [2.24, 2.45) is 10.2 Å². The van der Waals surface area contributed by atoms with Gasteiger partial charge in [-0.1, -0.05) is 18.2 Å². The predicted octanol–water partition coefficient (Wildman–Crippen LogP) is 3.06. The van der Waals surface area contributed by atoms with Crippen LogP contribution in [0.4, 0.5) is 17.1 Å². The molecule has 0 aliphatic heterocycles. The number of azo groups is 1. The number of carbonyl (C=O) groups excluding carboxylic acids is 1.